The number of rotatable bonds is 5. The first-order valence-electron chi connectivity index (χ1n) is 8.24. The molecule has 0 aromatic heterocycles. The van der Waals surface area contributed by atoms with Gasteiger partial charge in [0.1, 0.15) is 0 Å². The summed E-state index contributed by atoms with van der Waals surface area (Å²) in [7, 11) is -6.89. The van der Waals surface area contributed by atoms with Gasteiger partial charge in [0.15, 0.2) is 9.84 Å². The van der Waals surface area contributed by atoms with E-state index in [2.05, 4.69) is 0 Å². The lowest BCUT2D eigenvalue weighted by Gasteiger charge is -2.30. The van der Waals surface area contributed by atoms with Crippen LogP contribution in [-0.2, 0) is 19.9 Å². The van der Waals surface area contributed by atoms with E-state index in [0.29, 0.717) is 29.0 Å². The lowest BCUT2D eigenvalue weighted by molar-refractivity contribution is 0.307. The van der Waals surface area contributed by atoms with Gasteiger partial charge in [-0.1, -0.05) is 31.5 Å². The fourth-order valence-electron chi connectivity index (χ4n) is 3.50. The van der Waals surface area contributed by atoms with E-state index in [9.17, 15) is 16.8 Å². The Morgan fingerprint density at radius 1 is 1.17 bits per heavy atom. The largest absolute Gasteiger partial charge is 0.243 e. The van der Waals surface area contributed by atoms with Crippen LogP contribution in [0.4, 0.5) is 0 Å². The van der Waals surface area contributed by atoms with Crippen LogP contribution < -0.4 is 0 Å². The molecule has 1 aromatic carbocycles. The molecule has 2 rings (SSSR count). The number of aryl methyl sites for hydroxylation is 3. The molecule has 1 aromatic rings. The minimum atomic E-state index is -3.74. The van der Waals surface area contributed by atoms with Crippen molar-refractivity contribution >= 4 is 19.9 Å². The summed E-state index contributed by atoms with van der Waals surface area (Å²) in [5.74, 6) is 0.102. The second-order valence-corrected chi connectivity index (χ2v) is 11.3. The lowest BCUT2D eigenvalue weighted by atomic mass is 10.1. The van der Waals surface area contributed by atoms with Gasteiger partial charge in [0.2, 0.25) is 10.0 Å². The minimum Gasteiger partial charge on any atom is -0.229 e. The molecule has 1 unspecified atom stereocenters. The molecule has 0 amide bonds. The average Bonchev–Trinajstić information content (AvgIpc) is 2.74. The summed E-state index contributed by atoms with van der Waals surface area (Å²) in [6, 6.07) is 3.25. The van der Waals surface area contributed by atoms with Crippen molar-refractivity contribution in [3.63, 3.8) is 0 Å². The second-order valence-electron chi connectivity index (χ2n) is 7.25. The van der Waals surface area contributed by atoms with E-state index in [0.717, 1.165) is 5.56 Å². The summed E-state index contributed by atoms with van der Waals surface area (Å²) in [4.78, 5) is 0.318. The average molecular weight is 374 g/mol. The standard InChI is InChI=1S/C17H27NO4S2/c1-12(2)10-18(16-6-7-23(19,20)11-16)24(21,22)17-14(4)8-13(3)9-15(17)5/h8-9,12,16H,6-7,10-11H2,1-5H3. The number of benzene rings is 1. The molecule has 1 aliphatic heterocycles. The van der Waals surface area contributed by atoms with Crippen LogP contribution in [0.15, 0.2) is 17.0 Å². The van der Waals surface area contributed by atoms with Crippen molar-refractivity contribution in [2.24, 2.45) is 5.92 Å². The van der Waals surface area contributed by atoms with Gasteiger partial charge >= 0.3 is 0 Å². The SMILES string of the molecule is Cc1cc(C)c(S(=O)(=O)N(CC(C)C)C2CCS(=O)(=O)C2)c(C)c1. The minimum absolute atomic E-state index is 0.0631. The topological polar surface area (TPSA) is 71.5 Å². The Labute approximate surface area is 146 Å². The van der Waals surface area contributed by atoms with Crippen LogP contribution in [0.25, 0.3) is 0 Å². The Bertz CT molecular complexity index is 803. The maximum Gasteiger partial charge on any atom is 0.243 e. The summed E-state index contributed by atoms with van der Waals surface area (Å²) in [6.07, 6.45) is 0.373. The van der Waals surface area contributed by atoms with Crippen molar-refractivity contribution in [3.05, 3.63) is 28.8 Å². The normalized spacial score (nSPS) is 20.9. The molecule has 24 heavy (non-hydrogen) atoms. The van der Waals surface area contributed by atoms with Crippen molar-refractivity contribution in [3.8, 4) is 0 Å². The molecule has 136 valence electrons. The smallest absolute Gasteiger partial charge is 0.229 e. The van der Waals surface area contributed by atoms with E-state index in [1.54, 1.807) is 13.8 Å². The zero-order valence-corrected chi connectivity index (χ0v) is 16.7. The molecule has 0 bridgehead atoms. The third-order valence-corrected chi connectivity index (χ3v) is 8.31. The summed E-state index contributed by atoms with van der Waals surface area (Å²) >= 11 is 0. The summed E-state index contributed by atoms with van der Waals surface area (Å²) in [6.45, 7) is 9.75. The Kier molecular flexibility index (Phi) is 5.47. The van der Waals surface area contributed by atoms with Gasteiger partial charge in [-0.05, 0) is 44.2 Å². The van der Waals surface area contributed by atoms with E-state index >= 15 is 0 Å². The monoisotopic (exact) mass is 373 g/mol. The number of hydrogen-bond donors (Lipinski definition) is 0. The van der Waals surface area contributed by atoms with Crippen molar-refractivity contribution in [2.75, 3.05) is 18.1 Å². The maximum atomic E-state index is 13.3. The van der Waals surface area contributed by atoms with Crippen molar-refractivity contribution in [2.45, 2.75) is 52.0 Å². The zero-order chi connectivity index (χ0) is 18.3. The molecule has 1 heterocycles. The van der Waals surface area contributed by atoms with Gasteiger partial charge in [-0.25, -0.2) is 16.8 Å². The Morgan fingerprint density at radius 3 is 2.12 bits per heavy atom. The van der Waals surface area contributed by atoms with Gasteiger partial charge in [-0.3, -0.25) is 0 Å². The molecule has 0 spiro atoms. The van der Waals surface area contributed by atoms with Crippen LogP contribution in [0, 0.1) is 26.7 Å². The first-order chi connectivity index (χ1) is 10.9. The van der Waals surface area contributed by atoms with E-state index in [1.165, 1.54) is 4.31 Å². The van der Waals surface area contributed by atoms with E-state index in [-0.39, 0.29) is 17.4 Å². The fraction of sp³-hybridized carbons (Fsp3) is 0.647. The van der Waals surface area contributed by atoms with Crippen LogP contribution in [0.1, 0.15) is 37.0 Å². The van der Waals surface area contributed by atoms with Gasteiger partial charge < -0.3 is 0 Å². The van der Waals surface area contributed by atoms with E-state index in [4.69, 9.17) is 0 Å². The van der Waals surface area contributed by atoms with Gasteiger partial charge in [0.05, 0.1) is 16.4 Å². The molecule has 5 nitrogen and oxygen atoms in total. The maximum absolute atomic E-state index is 13.3. The Balaban J connectivity index is 2.53. The molecule has 1 atom stereocenters. The highest BCUT2D eigenvalue weighted by molar-refractivity contribution is 7.92. The van der Waals surface area contributed by atoms with E-state index in [1.807, 2.05) is 32.9 Å². The second kappa shape index (κ2) is 6.77. The molecule has 0 radical (unpaired) electrons. The van der Waals surface area contributed by atoms with Crippen LogP contribution in [-0.4, -0.2) is 45.2 Å². The van der Waals surface area contributed by atoms with Gasteiger partial charge in [-0.15, -0.1) is 0 Å². The first-order valence-corrected chi connectivity index (χ1v) is 11.5. The molecule has 0 saturated carbocycles. The highest BCUT2D eigenvalue weighted by Crippen LogP contribution is 2.30. The number of hydrogen-bond acceptors (Lipinski definition) is 4. The predicted octanol–water partition coefficient (Wildman–Crippen LogP) is 2.45. The number of sulfonamides is 1. The fourth-order valence-corrected chi connectivity index (χ4v) is 7.55. The number of sulfone groups is 1. The molecular weight excluding hydrogens is 346 g/mol. The third kappa shape index (κ3) is 4.00. The molecule has 1 saturated heterocycles. The summed E-state index contributed by atoms with van der Waals surface area (Å²) < 4.78 is 51.8. The molecule has 1 fully saturated rings. The lowest BCUT2D eigenvalue weighted by Crippen LogP contribution is -2.43. The molecule has 1 aliphatic rings. The third-order valence-electron chi connectivity index (χ3n) is 4.33. The van der Waals surface area contributed by atoms with Gasteiger partial charge in [0.25, 0.3) is 0 Å². The van der Waals surface area contributed by atoms with Crippen LogP contribution in [0.2, 0.25) is 0 Å². The highest BCUT2D eigenvalue weighted by Gasteiger charge is 2.39. The van der Waals surface area contributed by atoms with Crippen LogP contribution in [0.5, 0.6) is 0 Å². The molecular formula is C17H27NO4S2. The molecule has 0 N–H and O–H groups in total. The van der Waals surface area contributed by atoms with Crippen molar-refractivity contribution < 1.29 is 16.8 Å². The van der Waals surface area contributed by atoms with E-state index < -0.39 is 25.9 Å². The van der Waals surface area contributed by atoms with Crippen molar-refractivity contribution in [1.29, 1.82) is 0 Å². The van der Waals surface area contributed by atoms with Crippen molar-refractivity contribution in [1.82, 2.24) is 4.31 Å². The quantitative estimate of drug-likeness (QED) is 0.795. The van der Waals surface area contributed by atoms with Gasteiger partial charge in [0, 0.05) is 12.6 Å². The summed E-state index contributed by atoms with van der Waals surface area (Å²) in [5, 5.41) is 0. The van der Waals surface area contributed by atoms with Crippen LogP contribution >= 0.6 is 0 Å². The predicted molar refractivity (Wildman–Crippen MR) is 96.4 cm³/mol. The Morgan fingerprint density at radius 2 is 1.71 bits per heavy atom. The van der Waals surface area contributed by atoms with Gasteiger partial charge in [-0.2, -0.15) is 4.31 Å². The number of nitrogens with zero attached hydrogens (tertiary/aromatic N) is 1. The van der Waals surface area contributed by atoms with Crippen LogP contribution in [0.3, 0.4) is 0 Å². The first kappa shape index (κ1) is 19.4. The Hall–Kier alpha value is -0.920. The highest BCUT2D eigenvalue weighted by atomic mass is 32.2. The molecule has 0 aliphatic carbocycles. The molecule has 7 heteroatoms. The zero-order valence-electron chi connectivity index (χ0n) is 15.0. The summed E-state index contributed by atoms with van der Waals surface area (Å²) in [5.41, 5.74) is 2.44.